The summed E-state index contributed by atoms with van der Waals surface area (Å²) in [5.74, 6) is 0.477. The summed E-state index contributed by atoms with van der Waals surface area (Å²) in [6.07, 6.45) is 5.58. The number of likely N-dealkylation sites (tertiary alicyclic amines) is 1. The highest BCUT2D eigenvalue weighted by Crippen LogP contribution is 2.38. The Morgan fingerprint density at radius 1 is 1.40 bits per heavy atom. The molecule has 1 aromatic heterocycles. The molecular weight excluding hydrogens is 382 g/mol. The molecule has 2 unspecified atom stereocenters. The van der Waals surface area contributed by atoms with Crippen molar-refractivity contribution >= 4 is 31.9 Å². The van der Waals surface area contributed by atoms with Crippen molar-refractivity contribution in [3.63, 3.8) is 0 Å². The molecule has 1 aliphatic rings. The SMILES string of the molecule is CC(C)N1CCCCC(CN)C1c1ncc(Br)cc1Br. The van der Waals surface area contributed by atoms with E-state index in [4.69, 9.17) is 5.73 Å². The lowest BCUT2D eigenvalue weighted by Crippen LogP contribution is -2.40. The van der Waals surface area contributed by atoms with Crippen molar-refractivity contribution in [1.82, 2.24) is 9.88 Å². The van der Waals surface area contributed by atoms with Crippen molar-refractivity contribution < 1.29 is 0 Å². The molecule has 1 fully saturated rings. The third-order valence-corrected chi connectivity index (χ3v) is 5.20. The lowest BCUT2D eigenvalue weighted by atomic mass is 9.91. The van der Waals surface area contributed by atoms with Gasteiger partial charge in [0.05, 0.1) is 11.7 Å². The van der Waals surface area contributed by atoms with E-state index >= 15 is 0 Å². The van der Waals surface area contributed by atoms with E-state index < -0.39 is 0 Å². The van der Waals surface area contributed by atoms with E-state index in [1.807, 2.05) is 6.20 Å². The highest BCUT2D eigenvalue weighted by atomic mass is 79.9. The minimum absolute atomic E-state index is 0.310. The molecule has 2 heterocycles. The molecule has 1 saturated heterocycles. The van der Waals surface area contributed by atoms with Crippen LogP contribution in [0.4, 0.5) is 0 Å². The molecular formula is C15H23Br2N3. The van der Waals surface area contributed by atoms with Crippen LogP contribution >= 0.6 is 31.9 Å². The zero-order valence-corrected chi connectivity index (χ0v) is 15.3. The average Bonchev–Trinajstić information content (AvgIpc) is 2.61. The van der Waals surface area contributed by atoms with Gasteiger partial charge >= 0.3 is 0 Å². The van der Waals surface area contributed by atoms with E-state index in [-0.39, 0.29) is 0 Å². The molecule has 1 aromatic rings. The largest absolute Gasteiger partial charge is 0.330 e. The zero-order valence-electron chi connectivity index (χ0n) is 12.1. The van der Waals surface area contributed by atoms with Crippen molar-refractivity contribution in [2.45, 2.75) is 45.2 Å². The Morgan fingerprint density at radius 2 is 2.15 bits per heavy atom. The number of pyridine rings is 1. The second-order valence-corrected chi connectivity index (χ2v) is 7.56. The molecule has 1 aliphatic heterocycles. The molecule has 2 N–H and O–H groups in total. The van der Waals surface area contributed by atoms with Crippen molar-refractivity contribution in [3.8, 4) is 0 Å². The van der Waals surface area contributed by atoms with Crippen LogP contribution in [0.3, 0.4) is 0 Å². The van der Waals surface area contributed by atoms with Crippen LogP contribution in [0.5, 0.6) is 0 Å². The highest BCUT2D eigenvalue weighted by Gasteiger charge is 2.33. The molecule has 3 nitrogen and oxygen atoms in total. The van der Waals surface area contributed by atoms with E-state index in [0.29, 0.717) is 18.0 Å². The Balaban J connectivity index is 2.43. The topological polar surface area (TPSA) is 42.1 Å². The number of halogens is 2. The fourth-order valence-corrected chi connectivity index (χ4v) is 4.34. The van der Waals surface area contributed by atoms with Gasteiger partial charge in [0.2, 0.25) is 0 Å². The zero-order chi connectivity index (χ0) is 14.7. The van der Waals surface area contributed by atoms with E-state index in [2.05, 4.69) is 61.7 Å². The summed E-state index contributed by atoms with van der Waals surface area (Å²) < 4.78 is 2.07. The van der Waals surface area contributed by atoms with Crippen LogP contribution in [0.25, 0.3) is 0 Å². The molecule has 0 aromatic carbocycles. The summed E-state index contributed by atoms with van der Waals surface area (Å²) in [6, 6.07) is 2.90. The van der Waals surface area contributed by atoms with Gasteiger partial charge in [-0.05, 0) is 83.6 Å². The standard InChI is InChI=1S/C15H23Br2N3/c1-10(2)20-6-4-3-5-11(8-18)15(20)14-13(17)7-12(16)9-19-14/h7,9-11,15H,3-6,8,18H2,1-2H3. The van der Waals surface area contributed by atoms with E-state index in [1.54, 1.807) is 0 Å². The predicted molar refractivity (Wildman–Crippen MR) is 90.6 cm³/mol. The number of nitrogens with two attached hydrogens (primary N) is 1. The van der Waals surface area contributed by atoms with Crippen molar-refractivity contribution in [1.29, 1.82) is 0 Å². The fraction of sp³-hybridized carbons (Fsp3) is 0.667. The summed E-state index contributed by atoms with van der Waals surface area (Å²) in [7, 11) is 0. The molecule has 2 rings (SSSR count). The number of nitrogens with zero attached hydrogens (tertiary/aromatic N) is 2. The molecule has 2 atom stereocenters. The van der Waals surface area contributed by atoms with Gasteiger partial charge in [-0.15, -0.1) is 0 Å². The normalized spacial score (nSPS) is 24.9. The third kappa shape index (κ3) is 3.62. The first-order valence-electron chi connectivity index (χ1n) is 7.31. The number of aromatic nitrogens is 1. The maximum Gasteiger partial charge on any atom is 0.0721 e. The smallest absolute Gasteiger partial charge is 0.0721 e. The van der Waals surface area contributed by atoms with Crippen LogP contribution in [0.15, 0.2) is 21.2 Å². The quantitative estimate of drug-likeness (QED) is 0.823. The van der Waals surface area contributed by atoms with Crippen LogP contribution in [0, 0.1) is 5.92 Å². The minimum atomic E-state index is 0.310. The van der Waals surface area contributed by atoms with Gasteiger partial charge in [0.25, 0.3) is 0 Å². The maximum absolute atomic E-state index is 6.06. The molecule has 0 aliphatic carbocycles. The van der Waals surface area contributed by atoms with Gasteiger partial charge in [-0.1, -0.05) is 6.42 Å². The van der Waals surface area contributed by atoms with Crippen molar-refractivity contribution in [3.05, 3.63) is 26.9 Å². The van der Waals surface area contributed by atoms with Crippen LogP contribution < -0.4 is 5.73 Å². The van der Waals surface area contributed by atoms with Gasteiger partial charge in [-0.25, -0.2) is 0 Å². The van der Waals surface area contributed by atoms with E-state index in [1.165, 1.54) is 19.3 Å². The van der Waals surface area contributed by atoms with Crippen LogP contribution in [-0.4, -0.2) is 29.0 Å². The molecule has 0 radical (unpaired) electrons. The number of rotatable bonds is 3. The first-order chi connectivity index (χ1) is 9.54. The Hall–Kier alpha value is 0.0300. The Morgan fingerprint density at radius 3 is 2.75 bits per heavy atom. The summed E-state index contributed by atoms with van der Waals surface area (Å²) in [6.45, 7) is 6.37. The summed E-state index contributed by atoms with van der Waals surface area (Å²) in [5.41, 5.74) is 7.19. The monoisotopic (exact) mass is 403 g/mol. The molecule has 0 spiro atoms. The van der Waals surface area contributed by atoms with Gasteiger partial charge < -0.3 is 5.73 Å². The fourth-order valence-electron chi connectivity index (χ4n) is 3.12. The van der Waals surface area contributed by atoms with Crippen LogP contribution in [-0.2, 0) is 0 Å². The molecule has 0 saturated carbocycles. The Labute approximate surface area is 138 Å². The molecule has 20 heavy (non-hydrogen) atoms. The van der Waals surface area contributed by atoms with Crippen molar-refractivity contribution in [2.24, 2.45) is 11.7 Å². The maximum atomic E-state index is 6.06. The third-order valence-electron chi connectivity index (χ3n) is 4.13. The van der Waals surface area contributed by atoms with Gasteiger partial charge in [-0.2, -0.15) is 0 Å². The van der Waals surface area contributed by atoms with Crippen LogP contribution in [0.2, 0.25) is 0 Å². The molecule has 0 bridgehead atoms. The number of hydrogen-bond donors (Lipinski definition) is 1. The molecule has 0 amide bonds. The summed E-state index contributed by atoms with van der Waals surface area (Å²) in [5, 5.41) is 0. The van der Waals surface area contributed by atoms with Crippen LogP contribution in [0.1, 0.15) is 44.8 Å². The lowest BCUT2D eigenvalue weighted by Gasteiger charge is -2.37. The summed E-state index contributed by atoms with van der Waals surface area (Å²) >= 11 is 7.16. The second kappa shape index (κ2) is 7.34. The Kier molecular flexibility index (Phi) is 6.02. The molecule has 5 heteroatoms. The van der Waals surface area contributed by atoms with Gasteiger partial charge in [0.15, 0.2) is 0 Å². The van der Waals surface area contributed by atoms with Gasteiger partial charge in [0, 0.05) is 21.2 Å². The van der Waals surface area contributed by atoms with Gasteiger partial charge in [0.1, 0.15) is 0 Å². The molecule has 112 valence electrons. The van der Waals surface area contributed by atoms with Crippen molar-refractivity contribution in [2.75, 3.05) is 13.1 Å². The predicted octanol–water partition coefficient (Wildman–Crippen LogP) is 4.12. The summed E-state index contributed by atoms with van der Waals surface area (Å²) in [4.78, 5) is 7.24. The highest BCUT2D eigenvalue weighted by molar-refractivity contribution is 9.11. The minimum Gasteiger partial charge on any atom is -0.330 e. The second-order valence-electron chi connectivity index (χ2n) is 5.79. The lowest BCUT2D eigenvalue weighted by molar-refractivity contribution is 0.118. The first-order valence-corrected chi connectivity index (χ1v) is 8.90. The first kappa shape index (κ1) is 16.4. The average molecular weight is 405 g/mol. The Bertz CT molecular complexity index is 451. The number of hydrogen-bond acceptors (Lipinski definition) is 3. The van der Waals surface area contributed by atoms with E-state index in [9.17, 15) is 0 Å². The van der Waals surface area contributed by atoms with E-state index in [0.717, 1.165) is 27.7 Å². The van der Waals surface area contributed by atoms with Gasteiger partial charge in [-0.3, -0.25) is 9.88 Å².